The maximum Gasteiger partial charge on any atom is 0.191 e. The molecule has 0 radical (unpaired) electrons. The third-order valence-electron chi connectivity index (χ3n) is 3.56. The van der Waals surface area contributed by atoms with E-state index in [9.17, 15) is 0 Å². The molecule has 0 aliphatic rings. The molecule has 0 fully saturated rings. The van der Waals surface area contributed by atoms with Crippen LogP contribution in [-0.4, -0.2) is 24.5 Å². The quantitative estimate of drug-likeness (QED) is 0.580. The molecule has 0 aliphatic heterocycles. The molecule has 0 aliphatic carbocycles. The number of guanidine groups is 1. The van der Waals surface area contributed by atoms with Crippen molar-refractivity contribution in [2.75, 3.05) is 13.6 Å². The summed E-state index contributed by atoms with van der Waals surface area (Å²) in [4.78, 5) is 10.0. The number of benzene rings is 1. The second-order valence-corrected chi connectivity index (χ2v) is 7.36. The number of aryl methyl sites for hydroxylation is 2. The van der Waals surface area contributed by atoms with Gasteiger partial charge in [-0.2, -0.15) is 0 Å². The number of aliphatic imine (C=N–C) groups is 1. The van der Waals surface area contributed by atoms with Gasteiger partial charge >= 0.3 is 0 Å². The smallest absolute Gasteiger partial charge is 0.191 e. The van der Waals surface area contributed by atoms with E-state index in [4.69, 9.17) is 0 Å². The second kappa shape index (κ2) is 9.03. The van der Waals surface area contributed by atoms with Gasteiger partial charge in [0.15, 0.2) is 5.96 Å². The van der Waals surface area contributed by atoms with E-state index < -0.39 is 0 Å². The lowest BCUT2D eigenvalue weighted by Gasteiger charge is -2.13. The van der Waals surface area contributed by atoms with E-state index >= 15 is 0 Å². The highest BCUT2D eigenvalue weighted by molar-refractivity contribution is 9.10. The van der Waals surface area contributed by atoms with Crippen molar-refractivity contribution in [1.82, 2.24) is 15.6 Å². The summed E-state index contributed by atoms with van der Waals surface area (Å²) in [5, 5.41) is 7.87. The molecule has 0 amide bonds. The lowest BCUT2D eigenvalue weighted by Crippen LogP contribution is -2.38. The first-order valence-corrected chi connectivity index (χ1v) is 9.36. The zero-order valence-electron chi connectivity index (χ0n) is 13.8. The van der Waals surface area contributed by atoms with Crippen molar-refractivity contribution in [3.63, 3.8) is 0 Å². The molecular weight excluding hydrogens is 372 g/mol. The molecule has 0 atom stereocenters. The van der Waals surface area contributed by atoms with Crippen LogP contribution in [0.1, 0.15) is 27.9 Å². The molecule has 23 heavy (non-hydrogen) atoms. The summed E-state index contributed by atoms with van der Waals surface area (Å²) >= 11 is 5.28. The lowest BCUT2D eigenvalue weighted by atomic mass is 10.1. The Balaban J connectivity index is 1.79. The zero-order chi connectivity index (χ0) is 16.7. The van der Waals surface area contributed by atoms with Crippen LogP contribution < -0.4 is 10.6 Å². The number of nitrogens with zero attached hydrogens (tertiary/aromatic N) is 2. The molecule has 0 spiro atoms. The summed E-state index contributed by atoms with van der Waals surface area (Å²) in [6.07, 6.45) is 3.95. The molecule has 2 N–H and O–H groups in total. The summed E-state index contributed by atoms with van der Waals surface area (Å²) in [5.74, 6) is 0.819. The van der Waals surface area contributed by atoms with Gasteiger partial charge in [-0.15, -0.1) is 11.3 Å². The van der Waals surface area contributed by atoms with Gasteiger partial charge in [-0.05, 0) is 36.6 Å². The highest BCUT2D eigenvalue weighted by Crippen LogP contribution is 2.15. The summed E-state index contributed by atoms with van der Waals surface area (Å²) < 4.78 is 1.11. The van der Waals surface area contributed by atoms with Gasteiger partial charge in [-0.25, -0.2) is 4.98 Å². The summed E-state index contributed by atoms with van der Waals surface area (Å²) in [6, 6.07) is 6.32. The summed E-state index contributed by atoms with van der Waals surface area (Å²) in [7, 11) is 1.79. The van der Waals surface area contributed by atoms with Crippen molar-refractivity contribution in [2.24, 2.45) is 4.99 Å². The Labute approximate surface area is 150 Å². The average Bonchev–Trinajstić information content (AvgIpc) is 3.00. The Hall–Kier alpha value is -1.40. The average molecular weight is 395 g/mol. The number of nitrogens with one attached hydrogen (secondary N) is 2. The van der Waals surface area contributed by atoms with Crippen LogP contribution in [0.5, 0.6) is 0 Å². The fourth-order valence-electron chi connectivity index (χ4n) is 2.17. The molecule has 0 bridgehead atoms. The molecule has 0 unspecified atom stereocenters. The molecule has 1 aromatic heterocycles. The van der Waals surface area contributed by atoms with Crippen molar-refractivity contribution in [3.8, 4) is 0 Å². The van der Waals surface area contributed by atoms with Crippen molar-refractivity contribution in [2.45, 2.75) is 33.2 Å². The van der Waals surface area contributed by atoms with Crippen LogP contribution in [0.15, 0.2) is 33.9 Å². The second-order valence-electron chi connectivity index (χ2n) is 5.25. The van der Waals surface area contributed by atoms with Gasteiger partial charge in [-0.3, -0.25) is 4.99 Å². The minimum Gasteiger partial charge on any atom is -0.356 e. The van der Waals surface area contributed by atoms with Crippen LogP contribution in [0.4, 0.5) is 0 Å². The first-order valence-electron chi connectivity index (χ1n) is 7.75. The molecule has 0 saturated heterocycles. The lowest BCUT2D eigenvalue weighted by molar-refractivity contribution is 0.790. The molecule has 1 heterocycles. The van der Waals surface area contributed by atoms with Gasteiger partial charge in [0.1, 0.15) is 0 Å². The first kappa shape index (κ1) is 17.9. The number of halogens is 1. The predicted octanol–water partition coefficient (Wildman–Crippen LogP) is 3.68. The molecule has 6 heteroatoms. The van der Waals surface area contributed by atoms with Crippen molar-refractivity contribution in [1.29, 1.82) is 0 Å². The molecule has 124 valence electrons. The van der Waals surface area contributed by atoms with Gasteiger partial charge in [-0.1, -0.05) is 28.9 Å². The van der Waals surface area contributed by atoms with Crippen LogP contribution in [0.25, 0.3) is 0 Å². The standard InChI is InChI=1S/C17H23BrN4S/c1-4-15-11-21-16(23-15)7-8-20-17(19-3)22-10-13-5-6-14(18)9-12(13)2/h5-6,9,11H,4,7-8,10H2,1-3H3,(H2,19,20,22). The van der Waals surface area contributed by atoms with E-state index in [-0.39, 0.29) is 0 Å². The number of hydrogen-bond acceptors (Lipinski definition) is 3. The van der Waals surface area contributed by atoms with Gasteiger partial charge in [0, 0.05) is 42.1 Å². The van der Waals surface area contributed by atoms with E-state index in [1.807, 2.05) is 6.20 Å². The summed E-state index contributed by atoms with van der Waals surface area (Å²) in [5.41, 5.74) is 2.53. The maximum atomic E-state index is 4.44. The van der Waals surface area contributed by atoms with Gasteiger partial charge < -0.3 is 10.6 Å². The number of hydrogen-bond donors (Lipinski definition) is 2. The van der Waals surface area contributed by atoms with Crippen LogP contribution in [0.2, 0.25) is 0 Å². The van der Waals surface area contributed by atoms with E-state index in [1.165, 1.54) is 21.0 Å². The first-order chi connectivity index (χ1) is 11.1. The van der Waals surface area contributed by atoms with Gasteiger partial charge in [0.2, 0.25) is 0 Å². The van der Waals surface area contributed by atoms with Gasteiger partial charge in [0.05, 0.1) is 5.01 Å². The third-order valence-corrected chi connectivity index (χ3v) is 5.25. The Morgan fingerprint density at radius 2 is 2.17 bits per heavy atom. The van der Waals surface area contributed by atoms with Crippen molar-refractivity contribution < 1.29 is 0 Å². The molecule has 2 aromatic rings. The Bertz CT molecular complexity index is 666. The van der Waals surface area contributed by atoms with Crippen molar-refractivity contribution in [3.05, 3.63) is 49.9 Å². The Morgan fingerprint density at radius 3 is 2.83 bits per heavy atom. The number of aromatic nitrogens is 1. The van der Waals surface area contributed by atoms with Gasteiger partial charge in [0.25, 0.3) is 0 Å². The van der Waals surface area contributed by atoms with Crippen molar-refractivity contribution >= 4 is 33.2 Å². The normalized spacial score (nSPS) is 11.6. The van der Waals surface area contributed by atoms with E-state index in [0.717, 1.165) is 36.4 Å². The largest absolute Gasteiger partial charge is 0.356 e. The minimum atomic E-state index is 0.760. The minimum absolute atomic E-state index is 0.760. The van der Waals surface area contributed by atoms with E-state index in [2.05, 4.69) is 68.6 Å². The SMILES string of the molecule is CCc1cnc(CCNC(=NC)NCc2ccc(Br)cc2C)s1. The summed E-state index contributed by atoms with van der Waals surface area (Å²) in [6.45, 7) is 5.86. The van der Waals surface area contributed by atoms with Crippen LogP contribution in [0, 0.1) is 6.92 Å². The Morgan fingerprint density at radius 1 is 1.35 bits per heavy atom. The van der Waals surface area contributed by atoms with Crippen LogP contribution in [-0.2, 0) is 19.4 Å². The maximum absolute atomic E-state index is 4.44. The van der Waals surface area contributed by atoms with Crippen LogP contribution >= 0.6 is 27.3 Å². The Kier molecular flexibility index (Phi) is 7.05. The fraction of sp³-hybridized carbons (Fsp3) is 0.412. The highest BCUT2D eigenvalue weighted by Gasteiger charge is 2.03. The topological polar surface area (TPSA) is 49.3 Å². The predicted molar refractivity (Wildman–Crippen MR) is 102 cm³/mol. The molecule has 0 saturated carbocycles. The fourth-order valence-corrected chi connectivity index (χ4v) is 3.51. The molecule has 1 aromatic carbocycles. The third kappa shape index (κ3) is 5.62. The van der Waals surface area contributed by atoms with E-state index in [0.29, 0.717) is 0 Å². The molecule has 2 rings (SSSR count). The molecule has 4 nitrogen and oxygen atoms in total. The molecular formula is C17H23BrN4S. The van der Waals surface area contributed by atoms with Crippen LogP contribution in [0.3, 0.4) is 0 Å². The zero-order valence-corrected chi connectivity index (χ0v) is 16.2. The monoisotopic (exact) mass is 394 g/mol. The van der Waals surface area contributed by atoms with E-state index in [1.54, 1.807) is 18.4 Å². The number of thiazole rings is 1. The number of rotatable bonds is 6. The highest BCUT2D eigenvalue weighted by atomic mass is 79.9.